The number of aryl methyl sites for hydroxylation is 2. The number of benzene rings is 1. The Labute approximate surface area is 127 Å². The summed E-state index contributed by atoms with van der Waals surface area (Å²) < 4.78 is 6.58. The monoisotopic (exact) mass is 335 g/mol. The number of aromatic nitrogens is 2. The van der Waals surface area contributed by atoms with Gasteiger partial charge in [0.15, 0.2) is 0 Å². The Kier molecular flexibility index (Phi) is 3.65. The lowest BCUT2D eigenvalue weighted by Crippen LogP contribution is -2.44. The minimum absolute atomic E-state index is 0.315. The average molecular weight is 336 g/mol. The summed E-state index contributed by atoms with van der Waals surface area (Å²) in [5.41, 5.74) is 3.38. The maximum absolute atomic E-state index is 5.45. The Balaban J connectivity index is 1.89. The van der Waals surface area contributed by atoms with Crippen molar-refractivity contribution in [3.05, 3.63) is 33.6 Å². The van der Waals surface area contributed by atoms with E-state index in [1.54, 1.807) is 0 Å². The van der Waals surface area contributed by atoms with Gasteiger partial charge in [0.2, 0.25) is 11.7 Å². The predicted octanol–water partition coefficient (Wildman–Crippen LogP) is 3.44. The van der Waals surface area contributed by atoms with Gasteiger partial charge in [-0.05, 0) is 56.1 Å². The fourth-order valence-electron chi connectivity index (χ4n) is 2.48. The van der Waals surface area contributed by atoms with Gasteiger partial charge in [-0.2, -0.15) is 4.98 Å². The van der Waals surface area contributed by atoms with Crippen LogP contribution in [0.2, 0.25) is 0 Å². The van der Waals surface area contributed by atoms with Crippen LogP contribution in [0, 0.1) is 19.8 Å². The molecule has 0 amide bonds. The Hall–Kier alpha value is -1.20. The van der Waals surface area contributed by atoms with E-state index in [0.29, 0.717) is 17.7 Å². The molecule has 3 rings (SSSR count). The quantitative estimate of drug-likeness (QED) is 0.933. The molecule has 0 bridgehead atoms. The standard InChI is InChI=1S/C15H18BrN3O/c1-8-4-11(5-9(2)13(8)16)14-18-15(20-19-14)10(3)12-6-17-7-12/h4-5,10,12,17H,6-7H2,1-3H3. The fraction of sp³-hybridized carbons (Fsp3) is 0.467. The van der Waals surface area contributed by atoms with Gasteiger partial charge in [-0.1, -0.05) is 28.0 Å². The smallest absolute Gasteiger partial charge is 0.230 e. The van der Waals surface area contributed by atoms with Gasteiger partial charge < -0.3 is 9.84 Å². The first-order valence-electron chi connectivity index (χ1n) is 6.87. The summed E-state index contributed by atoms with van der Waals surface area (Å²) >= 11 is 3.58. The zero-order chi connectivity index (χ0) is 14.3. The van der Waals surface area contributed by atoms with Crippen molar-refractivity contribution < 1.29 is 4.52 Å². The van der Waals surface area contributed by atoms with Crippen molar-refractivity contribution in [3.63, 3.8) is 0 Å². The molecule has 1 aromatic heterocycles. The van der Waals surface area contributed by atoms with Crippen molar-refractivity contribution in [2.75, 3.05) is 13.1 Å². The first-order chi connectivity index (χ1) is 9.56. The van der Waals surface area contributed by atoms with E-state index in [0.717, 1.165) is 29.0 Å². The second kappa shape index (κ2) is 5.30. The molecule has 2 heterocycles. The first-order valence-corrected chi connectivity index (χ1v) is 7.67. The molecule has 0 saturated carbocycles. The molecule has 20 heavy (non-hydrogen) atoms. The van der Waals surface area contributed by atoms with Crippen LogP contribution in [0.4, 0.5) is 0 Å². The van der Waals surface area contributed by atoms with Crippen LogP contribution in [0.3, 0.4) is 0 Å². The number of hydrogen-bond acceptors (Lipinski definition) is 4. The molecule has 1 N–H and O–H groups in total. The van der Waals surface area contributed by atoms with E-state index in [1.807, 2.05) is 0 Å². The molecule has 4 nitrogen and oxygen atoms in total. The summed E-state index contributed by atoms with van der Waals surface area (Å²) in [6, 6.07) is 4.17. The van der Waals surface area contributed by atoms with Gasteiger partial charge in [0.05, 0.1) is 0 Å². The minimum atomic E-state index is 0.315. The van der Waals surface area contributed by atoms with Crippen LogP contribution < -0.4 is 5.32 Å². The summed E-state index contributed by atoms with van der Waals surface area (Å²) in [7, 11) is 0. The van der Waals surface area contributed by atoms with E-state index in [1.165, 1.54) is 11.1 Å². The number of halogens is 1. The fourth-order valence-corrected chi connectivity index (χ4v) is 2.71. The molecule has 1 saturated heterocycles. The molecule has 0 aliphatic carbocycles. The maximum Gasteiger partial charge on any atom is 0.230 e. The summed E-state index contributed by atoms with van der Waals surface area (Å²) in [5.74, 6) is 2.34. The van der Waals surface area contributed by atoms with Crippen LogP contribution in [-0.2, 0) is 0 Å². The van der Waals surface area contributed by atoms with Crippen LogP contribution in [0.1, 0.15) is 29.9 Å². The summed E-state index contributed by atoms with van der Waals surface area (Å²) in [4.78, 5) is 4.57. The molecule has 0 radical (unpaired) electrons. The molecule has 1 aliphatic heterocycles. The molecule has 0 spiro atoms. The molecule has 1 aliphatic rings. The van der Waals surface area contributed by atoms with Gasteiger partial charge in [0.25, 0.3) is 0 Å². The Bertz CT molecular complexity index is 611. The Morgan fingerprint density at radius 1 is 1.30 bits per heavy atom. The molecule has 1 fully saturated rings. The van der Waals surface area contributed by atoms with Crippen LogP contribution in [0.5, 0.6) is 0 Å². The van der Waals surface area contributed by atoms with Crippen molar-refractivity contribution in [2.24, 2.45) is 5.92 Å². The van der Waals surface area contributed by atoms with Gasteiger partial charge in [0.1, 0.15) is 0 Å². The summed E-state index contributed by atoms with van der Waals surface area (Å²) in [5, 5.41) is 7.41. The second-order valence-corrected chi connectivity index (χ2v) is 6.38. The van der Waals surface area contributed by atoms with Crippen molar-refractivity contribution in [3.8, 4) is 11.4 Å². The van der Waals surface area contributed by atoms with Crippen molar-refractivity contribution in [2.45, 2.75) is 26.7 Å². The minimum Gasteiger partial charge on any atom is -0.339 e. The van der Waals surface area contributed by atoms with Gasteiger partial charge in [-0.25, -0.2) is 0 Å². The number of hydrogen-bond donors (Lipinski definition) is 1. The van der Waals surface area contributed by atoms with Crippen molar-refractivity contribution in [1.82, 2.24) is 15.5 Å². The van der Waals surface area contributed by atoms with E-state index in [-0.39, 0.29) is 0 Å². The maximum atomic E-state index is 5.45. The summed E-state index contributed by atoms with van der Waals surface area (Å²) in [6.07, 6.45) is 0. The topological polar surface area (TPSA) is 51.0 Å². The van der Waals surface area contributed by atoms with Crippen molar-refractivity contribution in [1.29, 1.82) is 0 Å². The third kappa shape index (κ3) is 2.40. The first kappa shape index (κ1) is 13.8. The van der Waals surface area contributed by atoms with Crippen LogP contribution in [0.15, 0.2) is 21.1 Å². The highest BCUT2D eigenvalue weighted by Gasteiger charge is 2.28. The Morgan fingerprint density at radius 2 is 1.95 bits per heavy atom. The third-order valence-corrected chi connectivity index (χ3v) is 5.30. The molecule has 5 heteroatoms. The van der Waals surface area contributed by atoms with E-state index >= 15 is 0 Å². The van der Waals surface area contributed by atoms with Gasteiger partial charge in [0, 0.05) is 16.0 Å². The molecular weight excluding hydrogens is 318 g/mol. The molecule has 2 aromatic rings. The number of rotatable bonds is 3. The van der Waals surface area contributed by atoms with E-state index in [9.17, 15) is 0 Å². The van der Waals surface area contributed by atoms with Crippen molar-refractivity contribution >= 4 is 15.9 Å². The highest BCUT2D eigenvalue weighted by molar-refractivity contribution is 9.10. The second-order valence-electron chi connectivity index (χ2n) is 5.59. The van der Waals surface area contributed by atoms with Gasteiger partial charge in [-0.3, -0.25) is 0 Å². The van der Waals surface area contributed by atoms with Crippen LogP contribution in [0.25, 0.3) is 11.4 Å². The van der Waals surface area contributed by atoms with E-state index < -0.39 is 0 Å². The lowest BCUT2D eigenvalue weighted by Gasteiger charge is -2.30. The molecule has 1 unspecified atom stereocenters. The summed E-state index contributed by atoms with van der Waals surface area (Å²) in [6.45, 7) is 8.38. The zero-order valence-corrected chi connectivity index (χ0v) is 13.5. The zero-order valence-electron chi connectivity index (χ0n) is 11.9. The predicted molar refractivity (Wildman–Crippen MR) is 81.7 cm³/mol. The third-order valence-electron chi connectivity index (χ3n) is 4.05. The largest absolute Gasteiger partial charge is 0.339 e. The van der Waals surface area contributed by atoms with Gasteiger partial charge >= 0.3 is 0 Å². The lowest BCUT2D eigenvalue weighted by molar-refractivity contribution is 0.252. The lowest BCUT2D eigenvalue weighted by atomic mass is 9.89. The van der Waals surface area contributed by atoms with Crippen LogP contribution in [-0.4, -0.2) is 23.2 Å². The highest BCUT2D eigenvalue weighted by Crippen LogP contribution is 2.30. The normalized spacial score (nSPS) is 17.0. The molecule has 106 valence electrons. The SMILES string of the molecule is Cc1cc(-c2noc(C(C)C3CNC3)n2)cc(C)c1Br. The van der Waals surface area contributed by atoms with E-state index in [4.69, 9.17) is 4.52 Å². The Morgan fingerprint density at radius 3 is 2.50 bits per heavy atom. The number of nitrogens with zero attached hydrogens (tertiary/aromatic N) is 2. The molecule has 1 atom stereocenters. The number of nitrogens with one attached hydrogen (secondary N) is 1. The van der Waals surface area contributed by atoms with Crippen LogP contribution >= 0.6 is 15.9 Å². The average Bonchev–Trinajstić information content (AvgIpc) is 2.82. The highest BCUT2D eigenvalue weighted by atomic mass is 79.9. The molecule has 1 aromatic carbocycles. The molecular formula is C15H18BrN3O. The van der Waals surface area contributed by atoms with E-state index in [2.05, 4.69) is 64.3 Å². The van der Waals surface area contributed by atoms with Gasteiger partial charge in [-0.15, -0.1) is 0 Å².